The molecule has 1 fully saturated rings. The SMILES string of the molecule is O=C[C@H]1O[C@@H]1C(=O)n1ccc2ccccc21. The first-order valence-corrected chi connectivity index (χ1v) is 5.02. The van der Waals surface area contributed by atoms with E-state index in [0.717, 1.165) is 10.9 Å². The molecule has 4 heteroatoms. The molecular weight excluding hydrogens is 206 g/mol. The summed E-state index contributed by atoms with van der Waals surface area (Å²) in [7, 11) is 0. The molecule has 1 aliphatic heterocycles. The van der Waals surface area contributed by atoms with Gasteiger partial charge in [-0.05, 0) is 12.1 Å². The van der Waals surface area contributed by atoms with E-state index in [1.54, 1.807) is 6.20 Å². The Labute approximate surface area is 91.4 Å². The molecular formula is C12H9NO3. The van der Waals surface area contributed by atoms with Crippen LogP contribution in [0.3, 0.4) is 0 Å². The number of aromatic nitrogens is 1. The Morgan fingerprint density at radius 1 is 1.31 bits per heavy atom. The largest absolute Gasteiger partial charge is 0.351 e. The van der Waals surface area contributed by atoms with Crippen molar-refractivity contribution in [2.45, 2.75) is 12.2 Å². The highest BCUT2D eigenvalue weighted by Crippen LogP contribution is 2.24. The molecule has 3 rings (SSSR count). The summed E-state index contributed by atoms with van der Waals surface area (Å²) in [5.41, 5.74) is 0.840. The number of ether oxygens (including phenoxy) is 1. The molecule has 0 spiro atoms. The van der Waals surface area contributed by atoms with E-state index in [4.69, 9.17) is 4.74 Å². The fraction of sp³-hybridized carbons (Fsp3) is 0.167. The second-order valence-corrected chi connectivity index (χ2v) is 3.74. The monoisotopic (exact) mass is 215 g/mol. The van der Waals surface area contributed by atoms with Crippen LogP contribution >= 0.6 is 0 Å². The number of aldehydes is 1. The van der Waals surface area contributed by atoms with Crippen molar-refractivity contribution in [3.8, 4) is 0 Å². The van der Waals surface area contributed by atoms with Crippen molar-refractivity contribution in [3.05, 3.63) is 36.5 Å². The quantitative estimate of drug-likeness (QED) is 0.559. The third kappa shape index (κ3) is 1.27. The van der Waals surface area contributed by atoms with Gasteiger partial charge >= 0.3 is 0 Å². The Morgan fingerprint density at radius 3 is 2.88 bits per heavy atom. The number of para-hydroxylation sites is 1. The number of hydrogen-bond donors (Lipinski definition) is 0. The maximum absolute atomic E-state index is 11.9. The second kappa shape index (κ2) is 3.28. The Bertz CT molecular complexity index is 572. The van der Waals surface area contributed by atoms with Crippen molar-refractivity contribution >= 4 is 23.1 Å². The zero-order valence-electron chi connectivity index (χ0n) is 8.37. The van der Waals surface area contributed by atoms with Gasteiger partial charge in [0.2, 0.25) is 0 Å². The number of carbonyl (C=O) groups is 2. The van der Waals surface area contributed by atoms with Gasteiger partial charge in [0.25, 0.3) is 5.91 Å². The molecule has 2 heterocycles. The summed E-state index contributed by atoms with van der Waals surface area (Å²) >= 11 is 0. The maximum atomic E-state index is 11.9. The average molecular weight is 215 g/mol. The first-order valence-electron chi connectivity index (χ1n) is 5.02. The summed E-state index contributed by atoms with van der Waals surface area (Å²) in [6.07, 6.45) is 1.20. The third-order valence-corrected chi connectivity index (χ3v) is 2.74. The molecule has 1 aromatic heterocycles. The van der Waals surface area contributed by atoms with Crippen LogP contribution in [-0.4, -0.2) is 29.0 Å². The number of nitrogens with zero attached hydrogens (tertiary/aromatic N) is 1. The lowest BCUT2D eigenvalue weighted by atomic mass is 10.2. The van der Waals surface area contributed by atoms with E-state index < -0.39 is 12.2 Å². The highest BCUT2D eigenvalue weighted by atomic mass is 16.6. The molecule has 4 nitrogen and oxygen atoms in total. The maximum Gasteiger partial charge on any atom is 0.263 e. The number of epoxide rings is 1. The van der Waals surface area contributed by atoms with E-state index in [0.29, 0.717) is 6.29 Å². The zero-order valence-corrected chi connectivity index (χ0v) is 8.37. The lowest BCUT2D eigenvalue weighted by Crippen LogP contribution is -2.18. The van der Waals surface area contributed by atoms with Gasteiger partial charge in [-0.3, -0.25) is 9.36 Å². The van der Waals surface area contributed by atoms with Crippen LogP contribution in [0.4, 0.5) is 0 Å². The Kier molecular flexibility index (Phi) is 1.91. The number of hydrogen-bond acceptors (Lipinski definition) is 3. The van der Waals surface area contributed by atoms with Gasteiger partial charge in [-0.2, -0.15) is 0 Å². The smallest absolute Gasteiger partial charge is 0.263 e. The highest BCUT2D eigenvalue weighted by Gasteiger charge is 2.45. The van der Waals surface area contributed by atoms with Gasteiger partial charge in [0.15, 0.2) is 12.4 Å². The zero-order chi connectivity index (χ0) is 11.1. The molecule has 0 amide bonds. The van der Waals surface area contributed by atoms with Crippen molar-refractivity contribution in [2.75, 3.05) is 0 Å². The Morgan fingerprint density at radius 2 is 2.12 bits per heavy atom. The summed E-state index contributed by atoms with van der Waals surface area (Å²) in [5, 5.41) is 0.999. The molecule has 2 aromatic rings. The lowest BCUT2D eigenvalue weighted by molar-refractivity contribution is -0.108. The van der Waals surface area contributed by atoms with Gasteiger partial charge in [-0.1, -0.05) is 18.2 Å². The Balaban J connectivity index is 2.00. The predicted octanol–water partition coefficient (Wildman–Crippen LogP) is 1.25. The van der Waals surface area contributed by atoms with Gasteiger partial charge < -0.3 is 9.53 Å². The van der Waals surface area contributed by atoms with Crippen LogP contribution in [-0.2, 0) is 9.53 Å². The molecule has 0 saturated carbocycles. The first-order chi connectivity index (χ1) is 7.81. The third-order valence-electron chi connectivity index (χ3n) is 2.74. The molecule has 0 bridgehead atoms. The molecule has 0 aliphatic carbocycles. The summed E-state index contributed by atoms with van der Waals surface area (Å²) < 4.78 is 6.49. The lowest BCUT2D eigenvalue weighted by Gasteiger charge is -2.00. The Hall–Kier alpha value is -1.94. The van der Waals surface area contributed by atoms with Gasteiger partial charge in [-0.15, -0.1) is 0 Å². The van der Waals surface area contributed by atoms with Crippen LogP contribution < -0.4 is 0 Å². The normalized spacial score (nSPS) is 23.2. The highest BCUT2D eigenvalue weighted by molar-refractivity contribution is 5.97. The molecule has 0 radical (unpaired) electrons. The number of rotatable bonds is 2. The summed E-state index contributed by atoms with van der Waals surface area (Å²) in [5.74, 6) is -0.182. The van der Waals surface area contributed by atoms with E-state index in [1.807, 2.05) is 30.3 Å². The predicted molar refractivity (Wildman–Crippen MR) is 57.3 cm³/mol. The number of benzene rings is 1. The van der Waals surface area contributed by atoms with Crippen molar-refractivity contribution < 1.29 is 14.3 Å². The van der Waals surface area contributed by atoms with Crippen molar-refractivity contribution in [2.24, 2.45) is 0 Å². The van der Waals surface area contributed by atoms with Crippen LogP contribution in [0.2, 0.25) is 0 Å². The molecule has 1 saturated heterocycles. The fourth-order valence-electron chi connectivity index (χ4n) is 1.84. The first kappa shape index (κ1) is 9.30. The van der Waals surface area contributed by atoms with Gasteiger partial charge in [0.1, 0.15) is 6.10 Å². The molecule has 0 unspecified atom stereocenters. The van der Waals surface area contributed by atoms with Gasteiger partial charge in [-0.25, -0.2) is 0 Å². The van der Waals surface area contributed by atoms with E-state index in [-0.39, 0.29) is 5.91 Å². The molecule has 1 aromatic carbocycles. The topological polar surface area (TPSA) is 51.6 Å². The molecule has 16 heavy (non-hydrogen) atoms. The van der Waals surface area contributed by atoms with E-state index in [2.05, 4.69) is 0 Å². The average Bonchev–Trinajstić information content (AvgIpc) is 2.99. The van der Waals surface area contributed by atoms with Crippen LogP contribution in [0, 0.1) is 0 Å². The van der Waals surface area contributed by atoms with E-state index in [1.165, 1.54) is 4.57 Å². The minimum atomic E-state index is -0.603. The van der Waals surface area contributed by atoms with Gasteiger partial charge in [0.05, 0.1) is 5.52 Å². The molecule has 80 valence electrons. The van der Waals surface area contributed by atoms with E-state index in [9.17, 15) is 9.59 Å². The summed E-state index contributed by atoms with van der Waals surface area (Å²) in [6, 6.07) is 9.46. The number of fused-ring (bicyclic) bond motifs is 1. The summed E-state index contributed by atoms with van der Waals surface area (Å²) in [4.78, 5) is 22.4. The standard InChI is InChI=1S/C12H9NO3/c14-7-10-11(16-10)12(15)13-6-5-8-3-1-2-4-9(8)13/h1-7,10-11H/t10-,11+/m1/s1. The molecule has 0 N–H and O–H groups in total. The molecule has 1 aliphatic rings. The van der Waals surface area contributed by atoms with Crippen LogP contribution in [0.15, 0.2) is 36.5 Å². The van der Waals surface area contributed by atoms with E-state index >= 15 is 0 Å². The minimum Gasteiger partial charge on any atom is -0.351 e. The second-order valence-electron chi connectivity index (χ2n) is 3.74. The van der Waals surface area contributed by atoms with Crippen molar-refractivity contribution in [1.82, 2.24) is 4.57 Å². The van der Waals surface area contributed by atoms with Gasteiger partial charge in [0, 0.05) is 11.6 Å². The fourth-order valence-corrected chi connectivity index (χ4v) is 1.84. The van der Waals surface area contributed by atoms with Crippen molar-refractivity contribution in [3.63, 3.8) is 0 Å². The minimum absolute atomic E-state index is 0.182. The number of carbonyl (C=O) groups excluding carboxylic acids is 2. The molecule has 2 atom stereocenters. The summed E-state index contributed by atoms with van der Waals surface area (Å²) in [6.45, 7) is 0. The van der Waals surface area contributed by atoms with Crippen LogP contribution in [0.25, 0.3) is 10.9 Å². The van der Waals surface area contributed by atoms with Crippen LogP contribution in [0.5, 0.6) is 0 Å². The van der Waals surface area contributed by atoms with Crippen molar-refractivity contribution in [1.29, 1.82) is 0 Å². The van der Waals surface area contributed by atoms with Crippen LogP contribution in [0.1, 0.15) is 4.79 Å².